The molecule has 1 atom stereocenters. The second-order valence-corrected chi connectivity index (χ2v) is 6.96. The van der Waals surface area contributed by atoms with Crippen molar-refractivity contribution >= 4 is 29.1 Å². The van der Waals surface area contributed by atoms with Crippen molar-refractivity contribution in [3.05, 3.63) is 100 Å². The van der Waals surface area contributed by atoms with Crippen molar-refractivity contribution in [2.45, 2.75) is 19.9 Å². The quantitative estimate of drug-likeness (QED) is 0.611. The minimum atomic E-state index is -0.295. The molecule has 0 aliphatic carbocycles. The van der Waals surface area contributed by atoms with Crippen LogP contribution in [-0.4, -0.2) is 11.8 Å². The number of anilines is 1. The third kappa shape index (κ3) is 4.59. The van der Waals surface area contributed by atoms with Gasteiger partial charge in [0.2, 0.25) is 0 Å². The van der Waals surface area contributed by atoms with Crippen LogP contribution in [0.15, 0.2) is 72.8 Å². The molecule has 2 N–H and O–H groups in total. The minimum absolute atomic E-state index is 0.139. The van der Waals surface area contributed by atoms with Crippen LogP contribution < -0.4 is 10.6 Å². The molecule has 0 spiro atoms. The van der Waals surface area contributed by atoms with E-state index in [2.05, 4.69) is 10.6 Å². The Hall–Kier alpha value is -3.11. The van der Waals surface area contributed by atoms with Crippen LogP contribution in [-0.2, 0) is 0 Å². The Morgan fingerprint density at radius 3 is 2.21 bits per heavy atom. The summed E-state index contributed by atoms with van der Waals surface area (Å²) in [5.74, 6) is -0.527. The van der Waals surface area contributed by atoms with Crippen LogP contribution in [0.2, 0.25) is 5.02 Å². The molecule has 0 bridgehead atoms. The lowest BCUT2D eigenvalue weighted by Gasteiger charge is -2.15. The number of rotatable bonds is 5. The Kier molecular flexibility index (Phi) is 6.12. The highest BCUT2D eigenvalue weighted by Crippen LogP contribution is 2.23. The zero-order valence-corrected chi connectivity index (χ0v) is 16.5. The van der Waals surface area contributed by atoms with Crippen LogP contribution in [0.25, 0.3) is 0 Å². The molecule has 3 aromatic rings. The van der Waals surface area contributed by atoms with Gasteiger partial charge in [0.1, 0.15) is 0 Å². The second-order valence-electron chi connectivity index (χ2n) is 6.55. The first kappa shape index (κ1) is 19.6. The lowest BCUT2D eigenvalue weighted by molar-refractivity contribution is 0.0940. The van der Waals surface area contributed by atoms with Gasteiger partial charge < -0.3 is 10.6 Å². The van der Waals surface area contributed by atoms with E-state index in [0.29, 0.717) is 21.8 Å². The van der Waals surface area contributed by atoms with Gasteiger partial charge in [-0.2, -0.15) is 0 Å². The maximum absolute atomic E-state index is 12.6. The number of hydrogen-bond donors (Lipinski definition) is 2. The number of carbonyl (C=O) groups is 2. The maximum Gasteiger partial charge on any atom is 0.255 e. The molecule has 0 aromatic heterocycles. The Morgan fingerprint density at radius 1 is 0.857 bits per heavy atom. The molecule has 0 heterocycles. The molecule has 142 valence electrons. The van der Waals surface area contributed by atoms with Crippen molar-refractivity contribution < 1.29 is 9.59 Å². The van der Waals surface area contributed by atoms with Crippen molar-refractivity contribution in [3.63, 3.8) is 0 Å². The van der Waals surface area contributed by atoms with E-state index in [1.165, 1.54) is 0 Å². The summed E-state index contributed by atoms with van der Waals surface area (Å²) in [5.41, 5.74) is 3.28. The van der Waals surface area contributed by atoms with Gasteiger partial charge in [-0.3, -0.25) is 9.59 Å². The van der Waals surface area contributed by atoms with E-state index in [4.69, 9.17) is 11.6 Å². The fourth-order valence-electron chi connectivity index (χ4n) is 2.84. The molecule has 0 saturated heterocycles. The third-order valence-corrected chi connectivity index (χ3v) is 4.96. The highest BCUT2D eigenvalue weighted by atomic mass is 35.5. The summed E-state index contributed by atoms with van der Waals surface area (Å²) in [5, 5.41) is 6.39. The highest BCUT2D eigenvalue weighted by Gasteiger charge is 2.14. The van der Waals surface area contributed by atoms with Crippen molar-refractivity contribution in [2.75, 3.05) is 5.32 Å². The van der Waals surface area contributed by atoms with Gasteiger partial charge >= 0.3 is 0 Å². The lowest BCUT2D eigenvalue weighted by atomic mass is 10.1. The first-order valence-electron chi connectivity index (χ1n) is 8.98. The number of carbonyl (C=O) groups excluding carboxylic acids is 2. The number of nitrogens with one attached hydrogen (secondary N) is 2. The summed E-state index contributed by atoms with van der Waals surface area (Å²) in [7, 11) is 0. The van der Waals surface area contributed by atoms with Gasteiger partial charge in [0.25, 0.3) is 11.8 Å². The molecule has 0 fully saturated rings. The topological polar surface area (TPSA) is 58.2 Å². The van der Waals surface area contributed by atoms with E-state index < -0.39 is 0 Å². The third-order valence-electron chi connectivity index (χ3n) is 4.55. The lowest BCUT2D eigenvalue weighted by Crippen LogP contribution is -2.27. The first-order chi connectivity index (χ1) is 13.5. The van der Waals surface area contributed by atoms with Gasteiger partial charge in [0.05, 0.1) is 6.04 Å². The average molecular weight is 393 g/mol. The van der Waals surface area contributed by atoms with E-state index in [1.807, 2.05) is 44.2 Å². The zero-order chi connectivity index (χ0) is 20.1. The summed E-state index contributed by atoms with van der Waals surface area (Å²) in [6.07, 6.45) is 0. The molecule has 0 saturated carbocycles. The van der Waals surface area contributed by atoms with Gasteiger partial charge in [-0.1, -0.05) is 54.1 Å². The van der Waals surface area contributed by atoms with Crippen LogP contribution in [0.5, 0.6) is 0 Å². The highest BCUT2D eigenvalue weighted by molar-refractivity contribution is 6.31. The standard InChI is InChI=1S/C23H21ClN2O2/c1-15-20(24)12-7-13-21(15)26-23(28)19-11-6-10-18(14-19)22(27)25-16(2)17-8-4-3-5-9-17/h3-14,16H,1-2H3,(H,25,27)(H,26,28). The second kappa shape index (κ2) is 8.72. The first-order valence-corrected chi connectivity index (χ1v) is 9.36. The summed E-state index contributed by atoms with van der Waals surface area (Å²) >= 11 is 6.10. The zero-order valence-electron chi connectivity index (χ0n) is 15.7. The molecule has 2 amide bonds. The number of benzene rings is 3. The molecule has 28 heavy (non-hydrogen) atoms. The number of hydrogen-bond acceptors (Lipinski definition) is 2. The molecule has 0 aliphatic heterocycles. The molecule has 1 unspecified atom stereocenters. The van der Waals surface area contributed by atoms with E-state index >= 15 is 0 Å². The van der Waals surface area contributed by atoms with Crippen LogP contribution in [0.1, 0.15) is 44.8 Å². The van der Waals surface area contributed by atoms with Gasteiger partial charge in [-0.25, -0.2) is 0 Å². The van der Waals surface area contributed by atoms with Crippen molar-refractivity contribution in [1.82, 2.24) is 5.32 Å². The average Bonchev–Trinajstić information content (AvgIpc) is 2.72. The fraction of sp³-hybridized carbons (Fsp3) is 0.130. The minimum Gasteiger partial charge on any atom is -0.346 e. The molecule has 3 rings (SSSR count). The monoisotopic (exact) mass is 392 g/mol. The van der Waals surface area contributed by atoms with Crippen LogP contribution in [0, 0.1) is 6.92 Å². The van der Waals surface area contributed by atoms with Crippen molar-refractivity contribution in [3.8, 4) is 0 Å². The van der Waals surface area contributed by atoms with E-state index in [0.717, 1.165) is 11.1 Å². The Morgan fingerprint density at radius 2 is 1.50 bits per heavy atom. The van der Waals surface area contributed by atoms with E-state index in [1.54, 1.807) is 42.5 Å². The van der Waals surface area contributed by atoms with Gasteiger partial charge in [0, 0.05) is 21.8 Å². The molecular weight excluding hydrogens is 372 g/mol. The van der Waals surface area contributed by atoms with E-state index in [9.17, 15) is 9.59 Å². The molecule has 3 aromatic carbocycles. The summed E-state index contributed by atoms with van der Waals surface area (Å²) in [6, 6.07) is 21.6. The Labute approximate surface area is 169 Å². The normalized spacial score (nSPS) is 11.5. The predicted octanol–water partition coefficient (Wildman–Crippen LogP) is 5.39. The smallest absolute Gasteiger partial charge is 0.255 e. The maximum atomic E-state index is 12.6. The van der Waals surface area contributed by atoms with Gasteiger partial charge in [-0.15, -0.1) is 0 Å². The molecule has 0 aliphatic rings. The molecule has 0 radical (unpaired) electrons. The predicted molar refractivity (Wildman–Crippen MR) is 113 cm³/mol. The Balaban J connectivity index is 1.73. The van der Waals surface area contributed by atoms with Crippen LogP contribution >= 0.6 is 11.6 Å². The number of halogens is 1. The van der Waals surface area contributed by atoms with Crippen LogP contribution in [0.4, 0.5) is 5.69 Å². The fourth-order valence-corrected chi connectivity index (χ4v) is 3.02. The summed E-state index contributed by atoms with van der Waals surface area (Å²) in [4.78, 5) is 25.2. The number of amides is 2. The molecular formula is C23H21ClN2O2. The van der Waals surface area contributed by atoms with Gasteiger partial charge in [0.15, 0.2) is 0 Å². The summed E-state index contributed by atoms with van der Waals surface area (Å²) in [6.45, 7) is 3.76. The Bertz CT molecular complexity index is 1000. The van der Waals surface area contributed by atoms with Crippen LogP contribution in [0.3, 0.4) is 0 Å². The van der Waals surface area contributed by atoms with Gasteiger partial charge in [-0.05, 0) is 55.3 Å². The van der Waals surface area contributed by atoms with Crippen molar-refractivity contribution in [2.24, 2.45) is 0 Å². The SMILES string of the molecule is Cc1c(Cl)cccc1NC(=O)c1cccc(C(=O)NC(C)c2ccccc2)c1. The largest absolute Gasteiger partial charge is 0.346 e. The molecule has 5 heteroatoms. The van der Waals surface area contributed by atoms with E-state index in [-0.39, 0.29) is 17.9 Å². The molecule has 4 nitrogen and oxygen atoms in total. The van der Waals surface area contributed by atoms with Crippen molar-refractivity contribution in [1.29, 1.82) is 0 Å². The summed E-state index contributed by atoms with van der Waals surface area (Å²) < 4.78 is 0.